The zero-order valence-corrected chi connectivity index (χ0v) is 17.0. The van der Waals surface area contributed by atoms with E-state index in [-0.39, 0.29) is 25.0 Å². The molecule has 0 spiro atoms. The Morgan fingerprint density at radius 1 is 1.50 bits per heavy atom. The summed E-state index contributed by atoms with van der Waals surface area (Å²) in [6.45, 7) is -0.155. The molecule has 2 unspecified atom stereocenters. The van der Waals surface area contributed by atoms with Gasteiger partial charge in [-0.25, -0.2) is 13.9 Å². The number of anilines is 3. The number of aliphatic hydroxyl groups is 1. The van der Waals surface area contributed by atoms with Gasteiger partial charge in [0.05, 0.1) is 13.3 Å². The summed E-state index contributed by atoms with van der Waals surface area (Å²) in [6.07, 6.45) is -0.0508. The number of nitrogens with two attached hydrogens (primary N) is 1. The van der Waals surface area contributed by atoms with Crippen molar-refractivity contribution in [1.29, 1.82) is 0 Å². The van der Waals surface area contributed by atoms with E-state index in [1.807, 2.05) is 0 Å². The zero-order valence-electron chi connectivity index (χ0n) is 16.2. The highest BCUT2D eigenvalue weighted by Gasteiger charge is 2.50. The van der Waals surface area contributed by atoms with E-state index < -0.39 is 37.8 Å². The van der Waals surface area contributed by atoms with Crippen LogP contribution in [0.4, 0.5) is 17.5 Å². The lowest BCUT2D eigenvalue weighted by molar-refractivity contribution is -0.0195. The molecule has 4 heterocycles. The third kappa shape index (κ3) is 3.47. The Hall–Kier alpha value is -2.48. The lowest BCUT2D eigenvalue weighted by atomic mass is 10.1. The van der Waals surface area contributed by atoms with Crippen molar-refractivity contribution in [1.82, 2.24) is 19.3 Å². The number of ether oxygens (including phenoxy) is 2. The molecule has 2 aromatic rings. The molecule has 5 N–H and O–H groups in total. The Kier molecular flexibility index (Phi) is 5.30. The number of aromatic nitrogens is 4. The predicted octanol–water partition coefficient (Wildman–Crippen LogP) is -1.47. The smallest absolute Gasteiger partial charge is 0.387 e. The Bertz CT molecular complexity index is 1020. The normalized spacial score (nSPS) is 28.0. The lowest BCUT2D eigenvalue weighted by Gasteiger charge is -2.29. The van der Waals surface area contributed by atoms with Crippen LogP contribution in [-0.2, 0) is 18.6 Å². The number of nitrogens with one attached hydrogen (secondary N) is 1. The molecule has 2 aliphatic heterocycles. The van der Waals surface area contributed by atoms with E-state index in [2.05, 4.69) is 15.0 Å². The summed E-state index contributed by atoms with van der Waals surface area (Å²) < 4.78 is 29.7. The van der Waals surface area contributed by atoms with Gasteiger partial charge in [0.25, 0.3) is 5.56 Å². The molecule has 2 aromatic heterocycles. The first kappa shape index (κ1) is 20.8. The van der Waals surface area contributed by atoms with Gasteiger partial charge in [-0.05, 0) is 0 Å². The molecule has 0 radical (unpaired) electrons. The van der Waals surface area contributed by atoms with Crippen LogP contribution in [0.2, 0.25) is 0 Å². The molecule has 0 amide bonds. The molecule has 0 aliphatic carbocycles. The average molecular weight is 443 g/mol. The van der Waals surface area contributed by atoms with Gasteiger partial charge in [0.1, 0.15) is 30.3 Å². The number of methoxy groups -OCH3 is 1. The third-order valence-electron chi connectivity index (χ3n) is 4.99. The molecule has 14 nitrogen and oxygen atoms in total. The van der Waals surface area contributed by atoms with E-state index in [0.29, 0.717) is 5.69 Å². The fraction of sp³-hybridized carbons (Fsp3) is 0.533. The maximum Gasteiger partial charge on any atom is 0.437 e. The lowest BCUT2D eigenvalue weighted by Crippen LogP contribution is -2.46. The highest BCUT2D eigenvalue weighted by Crippen LogP contribution is 2.44. The van der Waals surface area contributed by atoms with E-state index >= 15 is 0 Å². The van der Waals surface area contributed by atoms with Crippen LogP contribution in [-0.4, -0.2) is 81.3 Å². The Balaban J connectivity index is 1.55. The van der Waals surface area contributed by atoms with Crippen LogP contribution in [0.1, 0.15) is 0 Å². The molecule has 4 rings (SSSR count). The molecule has 15 heteroatoms. The highest BCUT2D eigenvalue weighted by atomic mass is 31.2. The van der Waals surface area contributed by atoms with Crippen LogP contribution >= 0.6 is 7.75 Å². The summed E-state index contributed by atoms with van der Waals surface area (Å²) in [5.74, 6) is 0.221. The van der Waals surface area contributed by atoms with Crippen molar-refractivity contribution in [3.05, 3.63) is 29.1 Å². The fourth-order valence-corrected chi connectivity index (χ4v) is 4.48. The van der Waals surface area contributed by atoms with Crippen molar-refractivity contribution in [3.8, 4) is 0 Å². The summed E-state index contributed by atoms with van der Waals surface area (Å²) in [7, 11) is -1.10. The number of aromatic amines is 1. The first-order valence-corrected chi connectivity index (χ1v) is 10.5. The van der Waals surface area contributed by atoms with Crippen LogP contribution in [0.5, 0.6) is 0 Å². The minimum absolute atomic E-state index is 0.0620. The molecule has 2 aliphatic rings. The summed E-state index contributed by atoms with van der Waals surface area (Å²) in [6, 6.07) is 0. The molecule has 1 fully saturated rings. The topological polar surface area (TPSA) is 181 Å². The number of fused-ring (bicyclic) bond motifs is 1. The highest BCUT2D eigenvalue weighted by molar-refractivity contribution is 7.51. The summed E-state index contributed by atoms with van der Waals surface area (Å²) in [5.41, 5.74) is 5.58. The molecule has 30 heavy (non-hydrogen) atoms. The second-order valence-corrected chi connectivity index (χ2v) is 8.62. The van der Waals surface area contributed by atoms with E-state index in [1.165, 1.54) is 19.5 Å². The first-order valence-electron chi connectivity index (χ1n) is 8.93. The summed E-state index contributed by atoms with van der Waals surface area (Å²) in [4.78, 5) is 35.9. The van der Waals surface area contributed by atoms with Crippen molar-refractivity contribution in [3.63, 3.8) is 0 Å². The average Bonchev–Trinajstić information content (AvgIpc) is 3.39. The molecule has 5 atom stereocenters. The molecule has 164 valence electrons. The Labute approximate surface area is 170 Å². The minimum atomic E-state index is -4.20. The number of H-pyrrole nitrogens is 1. The second-order valence-electron chi connectivity index (χ2n) is 6.92. The number of nitrogen functional groups attached to an aromatic ring is 1. The van der Waals surface area contributed by atoms with Gasteiger partial charge in [-0.1, -0.05) is 0 Å². The van der Waals surface area contributed by atoms with Gasteiger partial charge in [0.15, 0.2) is 12.0 Å². The molecular formula is C15H22N7O7P. The van der Waals surface area contributed by atoms with Crippen molar-refractivity contribution in [2.75, 3.05) is 43.0 Å². The van der Waals surface area contributed by atoms with Crippen molar-refractivity contribution in [2.24, 2.45) is 0 Å². The van der Waals surface area contributed by atoms with Gasteiger partial charge in [-0.15, -0.1) is 0 Å². The first-order chi connectivity index (χ1) is 14.2. The number of aliphatic hydroxyl groups excluding tert-OH is 1. The minimum Gasteiger partial charge on any atom is -0.387 e. The molecule has 0 bridgehead atoms. The number of nitrogens with zero attached hydrogens (tertiary/aromatic N) is 5. The second kappa shape index (κ2) is 7.65. The van der Waals surface area contributed by atoms with E-state index in [0.717, 1.165) is 10.7 Å². The van der Waals surface area contributed by atoms with Crippen LogP contribution in [0.15, 0.2) is 23.5 Å². The largest absolute Gasteiger partial charge is 0.437 e. The summed E-state index contributed by atoms with van der Waals surface area (Å²) in [5, 5.41) is 10.7. The molecule has 0 saturated carbocycles. The van der Waals surface area contributed by atoms with Gasteiger partial charge >= 0.3 is 7.75 Å². The fourth-order valence-electron chi connectivity index (χ4n) is 3.58. The maximum absolute atomic E-state index is 12.3. The number of hydrogen-bond acceptors (Lipinski definition) is 11. The van der Waals surface area contributed by atoms with Crippen LogP contribution in [0.3, 0.4) is 0 Å². The molecule has 0 aromatic carbocycles. The molecule has 1 saturated heterocycles. The maximum atomic E-state index is 12.3. The monoisotopic (exact) mass is 443 g/mol. The standard InChI is InChI=1S/C15H22N7O7P/c1-20-7-22(12-9(20)13(24)19-15(16)18-12)14-11(27-2)10(23)8(29-14)5-28-30(25,26)21-4-3-17-6-21/h3-4,6,8,10-11,14,23H,5,7H2,1-2H3,(H,25,26)(H3,16,18,19,24)/t8-,10+,11?,14-/m1/s1. The van der Waals surface area contributed by atoms with Crippen molar-refractivity contribution < 1.29 is 28.6 Å². The SMILES string of the molecule is COC1[C@@H](O)[C@@H](COP(=O)(O)n2ccnc2)O[C@H]1N1CN(C)c2c1nc(N)[nH]c2=O. The van der Waals surface area contributed by atoms with Crippen LogP contribution in [0, 0.1) is 0 Å². The van der Waals surface area contributed by atoms with Gasteiger partial charge in [0, 0.05) is 26.6 Å². The quantitative estimate of drug-likeness (QED) is 0.381. The van der Waals surface area contributed by atoms with E-state index in [1.54, 1.807) is 16.8 Å². The number of imidazole rings is 1. The van der Waals surface area contributed by atoms with E-state index in [4.69, 9.17) is 19.7 Å². The van der Waals surface area contributed by atoms with Crippen molar-refractivity contribution >= 4 is 25.2 Å². The molecular weight excluding hydrogens is 421 g/mol. The van der Waals surface area contributed by atoms with Gasteiger partial charge in [-0.3, -0.25) is 14.3 Å². The number of hydrogen-bond donors (Lipinski definition) is 4. The van der Waals surface area contributed by atoms with Crippen LogP contribution < -0.4 is 21.1 Å². The zero-order chi connectivity index (χ0) is 21.6. The summed E-state index contributed by atoms with van der Waals surface area (Å²) >= 11 is 0. The Morgan fingerprint density at radius 2 is 2.27 bits per heavy atom. The van der Waals surface area contributed by atoms with Crippen LogP contribution in [0.25, 0.3) is 0 Å². The number of rotatable bonds is 6. The third-order valence-corrected chi connectivity index (χ3v) is 6.30. The van der Waals surface area contributed by atoms with Crippen molar-refractivity contribution in [2.45, 2.75) is 24.5 Å². The van der Waals surface area contributed by atoms with Gasteiger partial charge in [0.2, 0.25) is 5.95 Å². The van der Waals surface area contributed by atoms with Gasteiger partial charge in [-0.2, -0.15) is 4.98 Å². The van der Waals surface area contributed by atoms with E-state index in [9.17, 15) is 19.4 Å². The Morgan fingerprint density at radius 3 is 2.93 bits per heavy atom. The van der Waals surface area contributed by atoms with Gasteiger partial charge < -0.3 is 35.0 Å². The predicted molar refractivity (Wildman–Crippen MR) is 104 cm³/mol.